The Hall–Kier alpha value is -5.16. The summed E-state index contributed by atoms with van der Waals surface area (Å²) in [5, 5.41) is 11.3. The quantitative estimate of drug-likeness (QED) is 0.241. The van der Waals surface area contributed by atoms with E-state index in [4.69, 9.17) is 19.1 Å². The molecule has 3 aromatic heterocycles. The van der Waals surface area contributed by atoms with Crippen LogP contribution < -0.4 is 20.3 Å². The molecule has 8 nitrogen and oxygen atoms in total. The fourth-order valence-corrected chi connectivity index (χ4v) is 7.31. The number of hydrogen-bond acceptors (Lipinski definition) is 7. The van der Waals surface area contributed by atoms with E-state index < -0.39 is 0 Å². The smallest absolute Gasteiger partial charge is 0.241 e. The zero-order valence-electron chi connectivity index (χ0n) is 25.1. The summed E-state index contributed by atoms with van der Waals surface area (Å²) in [4.78, 5) is 17.3. The molecule has 0 saturated carbocycles. The van der Waals surface area contributed by atoms with Crippen molar-refractivity contribution in [1.82, 2.24) is 19.4 Å². The van der Waals surface area contributed by atoms with Crippen molar-refractivity contribution >= 4 is 45.1 Å². The Kier molecular flexibility index (Phi) is 4.88. The molecule has 0 atom stereocenters. The van der Waals surface area contributed by atoms with Gasteiger partial charge >= 0.3 is 0 Å². The zero-order valence-corrected chi connectivity index (χ0v) is 25.1. The van der Waals surface area contributed by atoms with Gasteiger partial charge in [-0.05, 0) is 65.6 Å². The Labute approximate surface area is 253 Å². The number of imidazole rings is 1. The van der Waals surface area contributed by atoms with E-state index in [9.17, 15) is 5.26 Å². The predicted molar refractivity (Wildman–Crippen MR) is 169 cm³/mol. The molecule has 0 saturated heterocycles. The summed E-state index contributed by atoms with van der Waals surface area (Å²) in [7, 11) is 0. The van der Waals surface area contributed by atoms with Crippen LogP contribution in [0.25, 0.3) is 39.4 Å². The lowest BCUT2D eigenvalue weighted by Crippen LogP contribution is -2.45. The van der Waals surface area contributed by atoms with E-state index in [1.807, 2.05) is 52.9 Å². The Bertz CT molecular complexity index is 2370. The second-order valence-corrected chi connectivity index (χ2v) is 13.5. The van der Waals surface area contributed by atoms with Gasteiger partial charge in [0.05, 0.1) is 16.3 Å². The van der Waals surface area contributed by atoms with Crippen molar-refractivity contribution in [3.63, 3.8) is 0 Å². The number of aromatic nitrogens is 4. The molecule has 0 bridgehead atoms. The summed E-state index contributed by atoms with van der Waals surface area (Å²) in [5.41, 5.74) is 9.14. The molecule has 0 N–H and O–H groups in total. The van der Waals surface area contributed by atoms with Gasteiger partial charge in [-0.1, -0.05) is 52.0 Å². The Balaban J connectivity index is 1.41. The van der Waals surface area contributed by atoms with E-state index in [1.54, 1.807) is 0 Å². The molecular formula is C36H30N6O2. The highest BCUT2D eigenvalue weighted by Crippen LogP contribution is 2.54. The van der Waals surface area contributed by atoms with Crippen molar-refractivity contribution in [2.24, 2.45) is 0 Å². The Morgan fingerprint density at radius 1 is 0.909 bits per heavy atom. The first-order chi connectivity index (χ1) is 21.2. The minimum atomic E-state index is -0.0816. The molecule has 3 aliphatic rings. The highest BCUT2D eigenvalue weighted by atomic mass is 16.5. The van der Waals surface area contributed by atoms with Crippen molar-refractivity contribution < 1.29 is 9.15 Å². The molecule has 6 heterocycles. The van der Waals surface area contributed by atoms with Crippen LogP contribution in [-0.4, -0.2) is 32.4 Å². The first-order valence-corrected chi connectivity index (χ1v) is 15.2. The number of nitriles is 1. The summed E-state index contributed by atoms with van der Waals surface area (Å²) in [6.07, 6.45) is 4.33. The summed E-state index contributed by atoms with van der Waals surface area (Å²) in [5.74, 6) is 1.49. The third-order valence-corrected chi connectivity index (χ3v) is 9.81. The van der Waals surface area contributed by atoms with Crippen molar-refractivity contribution in [1.29, 1.82) is 5.26 Å². The molecule has 6 aromatic rings. The number of ether oxygens (including phenoxy) is 1. The van der Waals surface area contributed by atoms with Gasteiger partial charge < -0.3 is 14.1 Å². The maximum Gasteiger partial charge on any atom is 0.241 e. The molecule has 0 radical (unpaired) electrons. The molecule has 216 valence electrons. The molecule has 0 spiro atoms. The number of fused-ring (bicyclic) bond motifs is 8. The Morgan fingerprint density at radius 3 is 2.45 bits per heavy atom. The first kappa shape index (κ1) is 25.3. The van der Waals surface area contributed by atoms with E-state index in [2.05, 4.69) is 55.8 Å². The van der Waals surface area contributed by atoms with Gasteiger partial charge in [-0.3, -0.25) is 4.40 Å². The minimum absolute atomic E-state index is 0.0484. The molecule has 0 aliphatic carbocycles. The van der Waals surface area contributed by atoms with Gasteiger partial charge in [0.15, 0.2) is 22.3 Å². The van der Waals surface area contributed by atoms with Gasteiger partial charge in [0.25, 0.3) is 0 Å². The lowest BCUT2D eigenvalue weighted by Gasteiger charge is -2.49. The molecule has 3 aromatic carbocycles. The van der Waals surface area contributed by atoms with Crippen LogP contribution >= 0.6 is 0 Å². The minimum Gasteiger partial charge on any atom is -0.437 e. The molecule has 0 amide bonds. The maximum atomic E-state index is 10.5. The van der Waals surface area contributed by atoms with Crippen LogP contribution in [-0.2, 0) is 10.8 Å². The van der Waals surface area contributed by atoms with Crippen LogP contribution in [0.5, 0.6) is 11.6 Å². The van der Waals surface area contributed by atoms with Gasteiger partial charge in [-0.25, -0.2) is 9.97 Å². The number of para-hydroxylation sites is 4. The van der Waals surface area contributed by atoms with E-state index in [-0.39, 0.29) is 22.3 Å². The van der Waals surface area contributed by atoms with Gasteiger partial charge in [0.1, 0.15) is 17.3 Å². The average molecular weight is 579 g/mol. The largest absolute Gasteiger partial charge is 0.437 e. The topological polar surface area (TPSA) is 92.5 Å². The van der Waals surface area contributed by atoms with E-state index in [0.717, 1.165) is 53.5 Å². The van der Waals surface area contributed by atoms with E-state index >= 15 is 0 Å². The normalized spacial score (nSPS) is 18.2. The summed E-state index contributed by atoms with van der Waals surface area (Å²) < 4.78 is 14.9. The second kappa shape index (κ2) is 8.48. The van der Waals surface area contributed by atoms with Crippen LogP contribution in [0.2, 0.25) is 0 Å². The van der Waals surface area contributed by atoms with E-state index in [0.29, 0.717) is 28.1 Å². The number of benzene rings is 3. The van der Waals surface area contributed by atoms with Crippen molar-refractivity contribution in [3.8, 4) is 17.7 Å². The lowest BCUT2D eigenvalue weighted by atomic mass is 9.68. The number of rotatable bonds is 1. The fraction of sp³-hybridized carbons (Fsp3) is 0.278. The van der Waals surface area contributed by atoms with Crippen molar-refractivity contribution in [2.45, 2.75) is 51.4 Å². The van der Waals surface area contributed by atoms with E-state index in [1.165, 1.54) is 16.8 Å². The van der Waals surface area contributed by atoms with Crippen molar-refractivity contribution in [3.05, 3.63) is 87.9 Å². The SMILES string of the molecule is CC1(C)CCN2CCC(C)(C)c3c4c(cc1c32)C=c1c(n/c(=C(/C#N)c2nc3ccccc3o2)n2c1nc1ccccc12)O4. The zero-order chi connectivity index (χ0) is 30.0. The van der Waals surface area contributed by atoms with Gasteiger partial charge in [0, 0.05) is 29.9 Å². The average Bonchev–Trinajstić information content (AvgIpc) is 3.61. The second-order valence-electron chi connectivity index (χ2n) is 13.5. The third-order valence-electron chi connectivity index (χ3n) is 9.81. The highest BCUT2D eigenvalue weighted by molar-refractivity contribution is 5.85. The molecule has 9 rings (SSSR count). The van der Waals surface area contributed by atoms with Crippen LogP contribution in [0.1, 0.15) is 63.1 Å². The monoisotopic (exact) mass is 578 g/mol. The third kappa shape index (κ3) is 3.35. The van der Waals surface area contributed by atoms with Crippen LogP contribution in [0.15, 0.2) is 59.0 Å². The number of nitrogens with zero attached hydrogens (tertiary/aromatic N) is 6. The molecule has 0 unspecified atom stereocenters. The molecule has 8 heteroatoms. The summed E-state index contributed by atoms with van der Waals surface area (Å²) in [6.45, 7) is 11.4. The maximum absolute atomic E-state index is 10.5. The molecule has 44 heavy (non-hydrogen) atoms. The van der Waals surface area contributed by atoms with Crippen LogP contribution in [0.4, 0.5) is 5.69 Å². The van der Waals surface area contributed by atoms with Crippen LogP contribution in [0.3, 0.4) is 0 Å². The molecule has 0 fully saturated rings. The van der Waals surface area contributed by atoms with Gasteiger partial charge in [-0.2, -0.15) is 10.2 Å². The molecule has 3 aliphatic heterocycles. The highest BCUT2D eigenvalue weighted by Gasteiger charge is 2.43. The van der Waals surface area contributed by atoms with Crippen molar-refractivity contribution in [2.75, 3.05) is 18.0 Å². The number of oxazole rings is 1. The summed E-state index contributed by atoms with van der Waals surface area (Å²) in [6, 6.07) is 20.1. The molecular weight excluding hydrogens is 548 g/mol. The lowest BCUT2D eigenvalue weighted by molar-refractivity contribution is 0.375. The number of hydrogen-bond donors (Lipinski definition) is 0. The summed E-state index contributed by atoms with van der Waals surface area (Å²) >= 11 is 0. The predicted octanol–water partition coefficient (Wildman–Crippen LogP) is 5.85. The number of anilines is 1. The van der Waals surface area contributed by atoms with Crippen LogP contribution in [0, 0.1) is 11.3 Å². The standard InChI is InChI=1S/C36H30N6O2/c1-35(2)13-15-41-16-14-36(3,4)28-29(41)23(35)18-20-17-21-31-38-24-9-5-7-11-26(24)42(31)32(40-33(21)44-30(20)28)22(19-37)34-39-25-10-6-8-12-27(25)43-34/h5-12,17-18H,13-16H2,1-4H3/b32-22+. The van der Waals surface area contributed by atoms with Gasteiger partial charge in [0.2, 0.25) is 11.8 Å². The first-order valence-electron chi connectivity index (χ1n) is 15.2. The Morgan fingerprint density at radius 2 is 1.66 bits per heavy atom. The van der Waals surface area contributed by atoms with Gasteiger partial charge in [-0.15, -0.1) is 0 Å². The fourth-order valence-electron chi connectivity index (χ4n) is 7.31.